The van der Waals surface area contributed by atoms with Gasteiger partial charge in [0.15, 0.2) is 0 Å². The lowest BCUT2D eigenvalue weighted by Gasteiger charge is -2.16. The summed E-state index contributed by atoms with van der Waals surface area (Å²) in [6, 6.07) is 0. The molecule has 0 saturated heterocycles. The summed E-state index contributed by atoms with van der Waals surface area (Å²) in [4.78, 5) is 1.56. The highest BCUT2D eigenvalue weighted by atomic mass is 16.4. The van der Waals surface area contributed by atoms with Gasteiger partial charge in [-0.3, -0.25) is 0 Å². The second-order valence-corrected chi connectivity index (χ2v) is 2.52. The number of nitrogens with zero attached hydrogens (tertiary/aromatic N) is 2. The van der Waals surface area contributed by atoms with Crippen molar-refractivity contribution in [3.05, 3.63) is 0 Å². The summed E-state index contributed by atoms with van der Waals surface area (Å²) in [6.07, 6.45) is 0.246. The molecule has 5 nitrogen and oxygen atoms in total. The summed E-state index contributed by atoms with van der Waals surface area (Å²) in [5, 5.41) is 19.9. The zero-order valence-corrected chi connectivity index (χ0v) is 6.86. The van der Waals surface area contributed by atoms with E-state index >= 15 is 0 Å². The fraction of sp³-hybridized carbons (Fsp3) is 0.833. The molecule has 0 aromatic heterocycles. The van der Waals surface area contributed by atoms with Crippen molar-refractivity contribution in [3.63, 3.8) is 0 Å². The molecule has 0 rings (SSSR count). The maximum atomic E-state index is 8.89. The quantitative estimate of drug-likeness (QED) is 0.223. The van der Waals surface area contributed by atoms with Crippen molar-refractivity contribution in [2.75, 3.05) is 13.6 Å². The van der Waals surface area contributed by atoms with E-state index in [2.05, 4.69) is 5.16 Å². The lowest BCUT2D eigenvalue weighted by molar-refractivity contribution is 0.175. The minimum Gasteiger partial charge on any atom is -0.408 e. The number of aliphatic hydroxyl groups is 1. The molecule has 4 N–H and O–H groups in total. The summed E-state index contributed by atoms with van der Waals surface area (Å²) in [5.41, 5.74) is 5.25. The Balaban J connectivity index is 3.61. The Kier molecular flexibility index (Phi) is 4.36. The molecule has 1 unspecified atom stereocenters. The summed E-state index contributed by atoms with van der Waals surface area (Å²) in [5.74, 6) is 0.0608. The molecule has 0 aromatic rings. The molecular formula is C6H15N3O2. The molecule has 0 bridgehead atoms. The van der Waals surface area contributed by atoms with Crippen LogP contribution in [-0.2, 0) is 0 Å². The highest BCUT2D eigenvalue weighted by Crippen LogP contribution is 1.92. The lowest BCUT2D eigenvalue weighted by atomic mass is 10.3. The van der Waals surface area contributed by atoms with Gasteiger partial charge in [0.05, 0.1) is 6.10 Å². The van der Waals surface area contributed by atoms with Gasteiger partial charge in [-0.2, -0.15) is 0 Å². The molecule has 0 aliphatic rings. The highest BCUT2D eigenvalue weighted by molar-refractivity contribution is 5.76. The Morgan fingerprint density at radius 2 is 2.27 bits per heavy atom. The van der Waals surface area contributed by atoms with Gasteiger partial charge in [0.25, 0.3) is 0 Å². The van der Waals surface area contributed by atoms with Gasteiger partial charge in [-0.05, 0) is 13.3 Å². The fourth-order valence-corrected chi connectivity index (χ4v) is 0.571. The van der Waals surface area contributed by atoms with Crippen LogP contribution in [-0.4, -0.2) is 40.9 Å². The number of guanidine groups is 1. The van der Waals surface area contributed by atoms with E-state index in [0.717, 1.165) is 0 Å². The first-order valence-corrected chi connectivity index (χ1v) is 3.44. The van der Waals surface area contributed by atoms with E-state index in [1.54, 1.807) is 18.9 Å². The number of nitrogens with two attached hydrogens (primary N) is 1. The van der Waals surface area contributed by atoms with Crippen LogP contribution in [0.15, 0.2) is 5.16 Å². The van der Waals surface area contributed by atoms with Crippen molar-refractivity contribution in [3.8, 4) is 0 Å². The third-order valence-electron chi connectivity index (χ3n) is 1.38. The first kappa shape index (κ1) is 10.0. The minimum absolute atomic E-state index is 0.0608. The van der Waals surface area contributed by atoms with Gasteiger partial charge in [-0.25, -0.2) is 0 Å². The molecule has 11 heavy (non-hydrogen) atoms. The Morgan fingerprint density at radius 3 is 2.64 bits per heavy atom. The molecule has 5 heteroatoms. The van der Waals surface area contributed by atoms with E-state index in [4.69, 9.17) is 16.0 Å². The minimum atomic E-state index is -0.357. The van der Waals surface area contributed by atoms with Crippen LogP contribution in [0.2, 0.25) is 0 Å². The fourth-order valence-electron chi connectivity index (χ4n) is 0.571. The topological polar surface area (TPSA) is 82.1 Å². The van der Waals surface area contributed by atoms with Gasteiger partial charge in [0, 0.05) is 13.6 Å². The second kappa shape index (κ2) is 4.79. The highest BCUT2D eigenvalue weighted by Gasteiger charge is 2.03. The van der Waals surface area contributed by atoms with Crippen molar-refractivity contribution in [2.24, 2.45) is 10.9 Å². The molecule has 0 aromatic carbocycles. The van der Waals surface area contributed by atoms with Gasteiger partial charge < -0.3 is 20.9 Å². The SMILES string of the molecule is CC(O)CCN(C)C(N)=NO. The smallest absolute Gasteiger partial charge is 0.233 e. The molecule has 0 fully saturated rings. The first-order valence-electron chi connectivity index (χ1n) is 3.44. The van der Waals surface area contributed by atoms with Gasteiger partial charge in [0.1, 0.15) is 0 Å². The maximum absolute atomic E-state index is 8.89. The van der Waals surface area contributed by atoms with Crippen LogP contribution in [0, 0.1) is 0 Å². The molecule has 0 aliphatic heterocycles. The molecule has 0 radical (unpaired) electrons. The second-order valence-electron chi connectivity index (χ2n) is 2.52. The van der Waals surface area contributed by atoms with E-state index in [0.29, 0.717) is 13.0 Å². The number of hydrogen-bond donors (Lipinski definition) is 3. The van der Waals surface area contributed by atoms with Gasteiger partial charge >= 0.3 is 0 Å². The molecule has 0 saturated carbocycles. The van der Waals surface area contributed by atoms with E-state index in [9.17, 15) is 0 Å². The van der Waals surface area contributed by atoms with Crippen molar-refractivity contribution in [1.29, 1.82) is 0 Å². The predicted molar refractivity (Wildman–Crippen MR) is 42.3 cm³/mol. The Morgan fingerprint density at radius 1 is 1.73 bits per heavy atom. The number of aliphatic hydroxyl groups excluding tert-OH is 1. The third-order valence-corrected chi connectivity index (χ3v) is 1.38. The van der Waals surface area contributed by atoms with Gasteiger partial charge in [-0.1, -0.05) is 5.16 Å². The van der Waals surface area contributed by atoms with Crippen LogP contribution in [0.1, 0.15) is 13.3 Å². The predicted octanol–water partition coefficient (Wildman–Crippen LogP) is -0.607. The summed E-state index contributed by atoms with van der Waals surface area (Å²) in [7, 11) is 1.69. The van der Waals surface area contributed by atoms with Crippen molar-refractivity contribution in [1.82, 2.24) is 4.90 Å². The summed E-state index contributed by atoms with van der Waals surface area (Å²) >= 11 is 0. The van der Waals surface area contributed by atoms with Crippen LogP contribution < -0.4 is 5.73 Å². The zero-order chi connectivity index (χ0) is 8.85. The van der Waals surface area contributed by atoms with Crippen LogP contribution in [0.4, 0.5) is 0 Å². The van der Waals surface area contributed by atoms with Crippen LogP contribution >= 0.6 is 0 Å². The molecule has 66 valence electrons. The van der Waals surface area contributed by atoms with E-state index in [1.807, 2.05) is 0 Å². The number of oxime groups is 1. The largest absolute Gasteiger partial charge is 0.408 e. The van der Waals surface area contributed by atoms with Crippen molar-refractivity contribution in [2.45, 2.75) is 19.4 Å². The Bertz CT molecular complexity index is 136. The monoisotopic (exact) mass is 161 g/mol. The van der Waals surface area contributed by atoms with E-state index < -0.39 is 0 Å². The zero-order valence-electron chi connectivity index (χ0n) is 6.86. The molecular weight excluding hydrogens is 146 g/mol. The van der Waals surface area contributed by atoms with Crippen LogP contribution in [0.3, 0.4) is 0 Å². The average Bonchev–Trinajstić information content (AvgIpc) is 1.98. The van der Waals surface area contributed by atoms with E-state index in [-0.39, 0.29) is 12.1 Å². The van der Waals surface area contributed by atoms with Gasteiger partial charge in [-0.15, -0.1) is 0 Å². The first-order chi connectivity index (χ1) is 5.07. The molecule has 1 atom stereocenters. The van der Waals surface area contributed by atoms with Crippen molar-refractivity contribution < 1.29 is 10.3 Å². The molecule has 0 amide bonds. The normalized spacial score (nSPS) is 14.6. The van der Waals surface area contributed by atoms with E-state index in [1.165, 1.54) is 0 Å². The summed E-state index contributed by atoms with van der Waals surface area (Å²) in [6.45, 7) is 2.27. The van der Waals surface area contributed by atoms with Crippen LogP contribution in [0.5, 0.6) is 0 Å². The van der Waals surface area contributed by atoms with Crippen molar-refractivity contribution >= 4 is 5.96 Å². The Hall–Kier alpha value is -0.970. The van der Waals surface area contributed by atoms with Gasteiger partial charge in [0.2, 0.25) is 5.96 Å². The standard InChI is InChI=1S/C6H15N3O2/c1-5(10)3-4-9(2)6(7)8-11/h5,10-11H,3-4H2,1-2H3,(H2,7,8). The molecule has 0 heterocycles. The van der Waals surface area contributed by atoms with Crippen LogP contribution in [0.25, 0.3) is 0 Å². The Labute approximate surface area is 66.1 Å². The molecule has 0 spiro atoms. The third kappa shape index (κ3) is 4.44. The lowest BCUT2D eigenvalue weighted by Crippen LogP contribution is -2.35. The number of rotatable bonds is 3. The average molecular weight is 161 g/mol. The molecule has 0 aliphatic carbocycles. The number of hydrogen-bond acceptors (Lipinski definition) is 3. The summed E-state index contributed by atoms with van der Waals surface area (Å²) < 4.78 is 0. The maximum Gasteiger partial charge on any atom is 0.233 e.